The summed E-state index contributed by atoms with van der Waals surface area (Å²) in [6.45, 7) is 1.93. The van der Waals surface area contributed by atoms with Crippen LogP contribution >= 0.6 is 12.2 Å². The third kappa shape index (κ3) is 3.00. The molecule has 2 heterocycles. The minimum atomic E-state index is -3.75. The summed E-state index contributed by atoms with van der Waals surface area (Å²) < 4.78 is 27.0. The van der Waals surface area contributed by atoms with Crippen LogP contribution in [0.1, 0.15) is 17.0 Å². The summed E-state index contributed by atoms with van der Waals surface area (Å²) in [6, 6.07) is 2.92. The van der Waals surface area contributed by atoms with Crippen LogP contribution in [0.4, 0.5) is 0 Å². The molecule has 0 aliphatic rings. The number of pyridine rings is 1. The molecule has 2 rings (SSSR count). The van der Waals surface area contributed by atoms with Crippen molar-refractivity contribution in [1.29, 1.82) is 0 Å². The van der Waals surface area contributed by atoms with Crippen molar-refractivity contribution in [3.63, 3.8) is 0 Å². The predicted molar refractivity (Wildman–Crippen MR) is 77.5 cm³/mol. The van der Waals surface area contributed by atoms with Gasteiger partial charge in [0, 0.05) is 24.0 Å². The van der Waals surface area contributed by atoms with Crippen LogP contribution in [0.15, 0.2) is 29.4 Å². The van der Waals surface area contributed by atoms with Crippen molar-refractivity contribution in [3.8, 4) is 0 Å². The highest BCUT2D eigenvalue weighted by Crippen LogP contribution is 2.13. The Labute approximate surface area is 121 Å². The van der Waals surface area contributed by atoms with Gasteiger partial charge in [-0.15, -0.1) is 0 Å². The molecule has 0 aliphatic heterocycles. The zero-order valence-corrected chi connectivity index (χ0v) is 12.3. The monoisotopic (exact) mass is 311 g/mol. The minimum Gasteiger partial charge on any atom is -0.388 e. The summed E-state index contributed by atoms with van der Waals surface area (Å²) in [4.78, 5) is 3.81. The number of hydrogen-bond donors (Lipinski definition) is 3. The molecule has 7 nitrogen and oxygen atoms in total. The summed E-state index contributed by atoms with van der Waals surface area (Å²) in [6.07, 6.45) is 3.00. The molecule has 0 fully saturated rings. The number of nitrogens with two attached hydrogens (primary N) is 1. The van der Waals surface area contributed by atoms with Gasteiger partial charge < -0.3 is 5.73 Å². The molecule has 2 aromatic rings. The average Bonchev–Trinajstić information content (AvgIpc) is 2.82. The largest absolute Gasteiger partial charge is 0.388 e. The van der Waals surface area contributed by atoms with Crippen LogP contribution in [0, 0.1) is 6.92 Å². The van der Waals surface area contributed by atoms with E-state index in [1.54, 1.807) is 13.1 Å². The van der Waals surface area contributed by atoms with Gasteiger partial charge in [0.25, 0.3) is 0 Å². The summed E-state index contributed by atoms with van der Waals surface area (Å²) in [7, 11) is -3.75. The third-order valence-corrected chi connectivity index (χ3v) is 4.31. The highest BCUT2D eigenvalue weighted by Gasteiger charge is 2.20. The fraction of sp³-hybridized carbons (Fsp3) is 0.182. The van der Waals surface area contributed by atoms with E-state index in [-0.39, 0.29) is 22.1 Å². The topological polar surface area (TPSA) is 114 Å². The van der Waals surface area contributed by atoms with Gasteiger partial charge in [0.1, 0.15) is 15.6 Å². The number of aryl methyl sites for hydroxylation is 1. The molecule has 0 saturated heterocycles. The Hall–Kier alpha value is -1.84. The van der Waals surface area contributed by atoms with Crippen molar-refractivity contribution in [2.45, 2.75) is 18.4 Å². The molecule has 0 atom stereocenters. The number of aromatic nitrogens is 3. The lowest BCUT2D eigenvalue weighted by molar-refractivity contribution is 0.580. The highest BCUT2D eigenvalue weighted by molar-refractivity contribution is 7.89. The molecule has 0 spiro atoms. The lowest BCUT2D eigenvalue weighted by atomic mass is 10.3. The number of nitrogens with zero attached hydrogens (tertiary/aromatic N) is 2. The first-order valence-corrected chi connectivity index (χ1v) is 7.54. The Kier molecular flexibility index (Phi) is 4.12. The van der Waals surface area contributed by atoms with E-state index in [0.29, 0.717) is 0 Å². The van der Waals surface area contributed by atoms with E-state index in [9.17, 15) is 8.42 Å². The van der Waals surface area contributed by atoms with Crippen LogP contribution in [-0.2, 0) is 16.6 Å². The van der Waals surface area contributed by atoms with Crippen molar-refractivity contribution in [2.75, 3.05) is 0 Å². The van der Waals surface area contributed by atoms with Gasteiger partial charge in [-0.2, -0.15) is 5.10 Å². The average molecular weight is 311 g/mol. The Balaban J connectivity index is 2.27. The van der Waals surface area contributed by atoms with Crippen LogP contribution in [0.2, 0.25) is 0 Å². The Morgan fingerprint density at radius 1 is 1.55 bits per heavy atom. The van der Waals surface area contributed by atoms with Gasteiger partial charge in [0.15, 0.2) is 0 Å². The lowest BCUT2D eigenvalue weighted by Crippen LogP contribution is -2.27. The maximum atomic E-state index is 12.3. The molecule has 0 amide bonds. The van der Waals surface area contributed by atoms with Crippen molar-refractivity contribution < 1.29 is 8.42 Å². The first kappa shape index (κ1) is 14.6. The third-order valence-electron chi connectivity index (χ3n) is 2.68. The van der Waals surface area contributed by atoms with Gasteiger partial charge in [-0.3, -0.25) is 10.1 Å². The molecule has 9 heteroatoms. The molecule has 0 unspecified atom stereocenters. The fourth-order valence-corrected chi connectivity index (χ4v) is 3.00. The highest BCUT2D eigenvalue weighted by atomic mass is 32.2. The minimum absolute atomic E-state index is 0.0337. The summed E-state index contributed by atoms with van der Waals surface area (Å²) in [5, 5.41) is 6.56. The number of H-pyrrole nitrogens is 1. The van der Waals surface area contributed by atoms with Crippen molar-refractivity contribution >= 4 is 27.2 Å². The summed E-state index contributed by atoms with van der Waals surface area (Å²) in [5.74, 6) is 0. The van der Waals surface area contributed by atoms with E-state index in [1.807, 2.05) is 0 Å². The van der Waals surface area contributed by atoms with E-state index < -0.39 is 10.0 Å². The predicted octanol–water partition coefficient (Wildman–Crippen LogP) is 0.226. The number of rotatable bonds is 5. The maximum absolute atomic E-state index is 12.3. The summed E-state index contributed by atoms with van der Waals surface area (Å²) in [5.41, 5.74) is 7.13. The van der Waals surface area contributed by atoms with Crippen LogP contribution in [0.3, 0.4) is 0 Å². The van der Waals surface area contributed by atoms with E-state index in [1.165, 1.54) is 18.3 Å². The van der Waals surface area contributed by atoms with Gasteiger partial charge in [0.05, 0.1) is 6.20 Å². The number of thiocarbonyl (C=S) groups is 1. The normalized spacial score (nSPS) is 11.4. The molecule has 0 radical (unpaired) electrons. The zero-order valence-electron chi connectivity index (χ0n) is 10.6. The SMILES string of the molecule is Cc1[nH]ncc1CNS(=O)(=O)c1cccnc1C(N)=S. The fourth-order valence-electron chi connectivity index (χ4n) is 1.60. The van der Waals surface area contributed by atoms with Crippen molar-refractivity contribution in [1.82, 2.24) is 19.9 Å². The molecule has 2 aromatic heterocycles. The lowest BCUT2D eigenvalue weighted by Gasteiger charge is -2.09. The second-order valence-corrected chi connectivity index (χ2v) is 6.23. The first-order chi connectivity index (χ1) is 9.42. The quantitative estimate of drug-likeness (QED) is 0.681. The standard InChI is InChI=1S/C11H13N5O2S2/c1-7-8(5-14-16-7)6-15-20(17,18)9-3-2-4-13-10(9)11(12)19/h2-5,15H,6H2,1H3,(H2,12,19)(H,14,16). The molecule has 106 valence electrons. The first-order valence-electron chi connectivity index (χ1n) is 5.65. The van der Waals surface area contributed by atoms with Crippen LogP contribution in [-0.4, -0.2) is 28.6 Å². The molecule has 0 bridgehead atoms. The number of sulfonamides is 1. The molecule has 4 N–H and O–H groups in total. The Morgan fingerprint density at radius 3 is 2.90 bits per heavy atom. The van der Waals surface area contributed by atoms with E-state index in [0.717, 1.165) is 11.3 Å². The molecule has 0 aliphatic carbocycles. The zero-order chi connectivity index (χ0) is 14.8. The van der Waals surface area contributed by atoms with Crippen LogP contribution in [0.5, 0.6) is 0 Å². The van der Waals surface area contributed by atoms with Crippen LogP contribution in [0.25, 0.3) is 0 Å². The van der Waals surface area contributed by atoms with Crippen molar-refractivity contribution in [3.05, 3.63) is 41.5 Å². The van der Waals surface area contributed by atoms with Crippen molar-refractivity contribution in [2.24, 2.45) is 5.73 Å². The molecule has 20 heavy (non-hydrogen) atoms. The Morgan fingerprint density at radius 2 is 2.30 bits per heavy atom. The maximum Gasteiger partial charge on any atom is 0.243 e. The molecular formula is C11H13N5O2S2. The molecule has 0 saturated carbocycles. The van der Waals surface area contributed by atoms with Gasteiger partial charge in [-0.25, -0.2) is 13.1 Å². The van der Waals surface area contributed by atoms with E-state index >= 15 is 0 Å². The smallest absolute Gasteiger partial charge is 0.243 e. The van der Waals surface area contributed by atoms with Gasteiger partial charge in [-0.05, 0) is 19.1 Å². The van der Waals surface area contributed by atoms with Gasteiger partial charge in [0.2, 0.25) is 10.0 Å². The van der Waals surface area contributed by atoms with E-state index in [4.69, 9.17) is 18.0 Å². The van der Waals surface area contributed by atoms with Gasteiger partial charge in [-0.1, -0.05) is 12.2 Å². The number of aromatic amines is 1. The van der Waals surface area contributed by atoms with Crippen LogP contribution < -0.4 is 10.5 Å². The second kappa shape index (κ2) is 5.65. The van der Waals surface area contributed by atoms with Gasteiger partial charge >= 0.3 is 0 Å². The van der Waals surface area contributed by atoms with E-state index in [2.05, 4.69) is 19.9 Å². The number of hydrogen-bond acceptors (Lipinski definition) is 5. The Bertz CT molecular complexity index is 739. The molecule has 0 aromatic carbocycles. The summed E-state index contributed by atoms with van der Waals surface area (Å²) >= 11 is 4.81. The number of nitrogens with one attached hydrogen (secondary N) is 2. The second-order valence-electron chi connectivity index (χ2n) is 4.06. The molecular weight excluding hydrogens is 298 g/mol.